The van der Waals surface area contributed by atoms with E-state index in [0.717, 1.165) is 37.6 Å². The zero-order valence-electron chi connectivity index (χ0n) is 15.6. The van der Waals surface area contributed by atoms with Gasteiger partial charge in [0.05, 0.1) is 38.5 Å². The first kappa shape index (κ1) is 18.3. The quantitative estimate of drug-likeness (QED) is 0.809. The number of aromatic nitrogens is 1. The van der Waals surface area contributed by atoms with Crippen LogP contribution in [0.1, 0.15) is 19.6 Å². The number of ether oxygens (including phenoxy) is 1. The summed E-state index contributed by atoms with van der Waals surface area (Å²) in [6.07, 6.45) is 0. The summed E-state index contributed by atoms with van der Waals surface area (Å²) in [6.45, 7) is 9.98. The van der Waals surface area contributed by atoms with Gasteiger partial charge in [-0.15, -0.1) is 0 Å². The van der Waals surface area contributed by atoms with Crippen LogP contribution in [-0.2, 0) is 4.79 Å². The number of carbonyl (C=O) groups is 1. The topological polar surface area (TPSA) is 72.0 Å². The predicted molar refractivity (Wildman–Crippen MR) is 99.9 cm³/mol. The van der Waals surface area contributed by atoms with Gasteiger partial charge >= 0.3 is 0 Å². The van der Waals surface area contributed by atoms with Crippen LogP contribution in [-0.4, -0.2) is 49.9 Å². The molecule has 1 fully saturated rings. The van der Waals surface area contributed by atoms with Gasteiger partial charge in [0.15, 0.2) is 11.9 Å². The van der Waals surface area contributed by atoms with E-state index < -0.39 is 0 Å². The fourth-order valence-electron chi connectivity index (χ4n) is 3.31. The maximum absolute atomic E-state index is 12.5. The number of hydrogen-bond donors (Lipinski definition) is 2. The monoisotopic (exact) mass is 359 g/mol. The van der Waals surface area contributed by atoms with E-state index in [9.17, 15) is 4.79 Å². The average Bonchev–Trinajstić information content (AvgIpc) is 3.07. The molecule has 0 bridgehead atoms. The standard InChI is InChI=1S/C19H26N4O3/c1-4-25-17-8-6-5-7-16(17)23-11-9-22(10-12-23)15(3)19(24)20-18-13-14(2)26-21-18/h5-8,13,15H,4,9-12H2,1-3H3,(H,20,21,24)/p+1/t15-/m0/s1. The molecule has 26 heavy (non-hydrogen) atoms. The number of para-hydroxylation sites is 2. The molecule has 2 aromatic rings. The van der Waals surface area contributed by atoms with Gasteiger partial charge in [-0.2, -0.15) is 0 Å². The summed E-state index contributed by atoms with van der Waals surface area (Å²) in [5, 5.41) is 6.65. The molecule has 0 aliphatic carbocycles. The van der Waals surface area contributed by atoms with Crippen molar-refractivity contribution in [3.05, 3.63) is 36.1 Å². The van der Waals surface area contributed by atoms with Crippen LogP contribution < -0.4 is 19.9 Å². The highest BCUT2D eigenvalue weighted by Gasteiger charge is 2.30. The van der Waals surface area contributed by atoms with E-state index in [1.165, 1.54) is 4.90 Å². The van der Waals surface area contributed by atoms with E-state index in [4.69, 9.17) is 9.26 Å². The molecule has 1 saturated heterocycles. The predicted octanol–water partition coefficient (Wildman–Crippen LogP) is 1.11. The van der Waals surface area contributed by atoms with Gasteiger partial charge in [0.2, 0.25) is 0 Å². The van der Waals surface area contributed by atoms with Gasteiger partial charge in [0.25, 0.3) is 5.91 Å². The summed E-state index contributed by atoms with van der Waals surface area (Å²) in [5.41, 5.74) is 1.13. The Labute approximate surface area is 153 Å². The normalized spacial score (nSPS) is 16.3. The van der Waals surface area contributed by atoms with Crippen molar-refractivity contribution in [3.63, 3.8) is 0 Å². The Balaban J connectivity index is 1.57. The van der Waals surface area contributed by atoms with Gasteiger partial charge in [-0.3, -0.25) is 4.79 Å². The van der Waals surface area contributed by atoms with Crippen molar-refractivity contribution in [2.24, 2.45) is 0 Å². The highest BCUT2D eigenvalue weighted by Crippen LogP contribution is 2.27. The van der Waals surface area contributed by atoms with Crippen molar-refractivity contribution < 1.29 is 19.0 Å². The van der Waals surface area contributed by atoms with E-state index in [1.54, 1.807) is 13.0 Å². The van der Waals surface area contributed by atoms with Crippen molar-refractivity contribution in [2.45, 2.75) is 26.8 Å². The highest BCUT2D eigenvalue weighted by molar-refractivity contribution is 5.92. The number of anilines is 2. The third kappa shape index (κ3) is 4.16. The molecule has 0 saturated carbocycles. The summed E-state index contributed by atoms with van der Waals surface area (Å²) in [6, 6.07) is 9.72. The maximum atomic E-state index is 12.5. The van der Waals surface area contributed by atoms with Crippen molar-refractivity contribution in [2.75, 3.05) is 43.0 Å². The number of benzene rings is 1. The second-order valence-corrected chi connectivity index (χ2v) is 6.58. The minimum Gasteiger partial charge on any atom is -0.492 e. The molecule has 140 valence electrons. The second kappa shape index (κ2) is 8.23. The number of nitrogens with zero attached hydrogens (tertiary/aromatic N) is 2. The smallest absolute Gasteiger partial charge is 0.283 e. The number of rotatable bonds is 6. The lowest BCUT2D eigenvalue weighted by Crippen LogP contribution is -3.19. The molecule has 0 radical (unpaired) electrons. The number of nitrogens with one attached hydrogen (secondary N) is 2. The van der Waals surface area contributed by atoms with E-state index in [2.05, 4.69) is 21.4 Å². The number of amides is 1. The fraction of sp³-hybridized carbons (Fsp3) is 0.474. The Morgan fingerprint density at radius 1 is 1.38 bits per heavy atom. The van der Waals surface area contributed by atoms with Crippen LogP contribution in [0.25, 0.3) is 0 Å². The zero-order valence-corrected chi connectivity index (χ0v) is 15.6. The molecule has 7 nitrogen and oxygen atoms in total. The Hall–Kier alpha value is -2.54. The van der Waals surface area contributed by atoms with Gasteiger partial charge in [-0.25, -0.2) is 0 Å². The average molecular weight is 359 g/mol. The number of piperazine rings is 1. The first-order valence-corrected chi connectivity index (χ1v) is 9.14. The molecule has 1 aliphatic heterocycles. The van der Waals surface area contributed by atoms with Crippen LogP contribution in [0.4, 0.5) is 11.5 Å². The summed E-state index contributed by atoms with van der Waals surface area (Å²) < 4.78 is 10.7. The number of aryl methyl sites for hydroxylation is 1. The molecule has 1 aromatic carbocycles. The van der Waals surface area contributed by atoms with Crippen molar-refractivity contribution in [1.29, 1.82) is 0 Å². The molecule has 7 heteroatoms. The van der Waals surface area contributed by atoms with Crippen LogP contribution >= 0.6 is 0 Å². The van der Waals surface area contributed by atoms with Crippen LogP contribution in [0.3, 0.4) is 0 Å². The van der Waals surface area contributed by atoms with Crippen LogP contribution in [0.2, 0.25) is 0 Å². The Morgan fingerprint density at radius 3 is 2.77 bits per heavy atom. The summed E-state index contributed by atoms with van der Waals surface area (Å²) >= 11 is 0. The van der Waals surface area contributed by atoms with Gasteiger partial charge in [-0.1, -0.05) is 17.3 Å². The molecular weight excluding hydrogens is 332 g/mol. The van der Waals surface area contributed by atoms with Gasteiger partial charge < -0.3 is 24.4 Å². The SMILES string of the molecule is CCOc1ccccc1N1CC[NH+]([C@@H](C)C(=O)Nc2cc(C)on2)CC1. The molecule has 2 N–H and O–H groups in total. The third-order valence-electron chi connectivity index (χ3n) is 4.80. The largest absolute Gasteiger partial charge is 0.492 e. The molecule has 1 aromatic heterocycles. The van der Waals surface area contributed by atoms with E-state index in [-0.39, 0.29) is 11.9 Å². The highest BCUT2D eigenvalue weighted by atomic mass is 16.5. The molecule has 2 heterocycles. The summed E-state index contributed by atoms with van der Waals surface area (Å²) in [5.74, 6) is 2.05. The molecular formula is C19H27N4O3+. The Bertz CT molecular complexity index is 738. The molecule has 1 aliphatic rings. The number of quaternary nitrogens is 1. The first-order valence-electron chi connectivity index (χ1n) is 9.14. The van der Waals surface area contributed by atoms with Crippen LogP contribution in [0.15, 0.2) is 34.9 Å². The number of hydrogen-bond acceptors (Lipinski definition) is 5. The minimum absolute atomic E-state index is 0.0310. The van der Waals surface area contributed by atoms with E-state index in [1.807, 2.05) is 32.0 Å². The van der Waals surface area contributed by atoms with Crippen molar-refractivity contribution >= 4 is 17.4 Å². The molecule has 3 rings (SSSR count). The zero-order chi connectivity index (χ0) is 18.5. The maximum Gasteiger partial charge on any atom is 0.283 e. The number of carbonyl (C=O) groups excluding carboxylic acids is 1. The molecule has 0 spiro atoms. The third-order valence-corrected chi connectivity index (χ3v) is 4.80. The van der Waals surface area contributed by atoms with E-state index in [0.29, 0.717) is 18.2 Å². The lowest BCUT2D eigenvalue weighted by molar-refractivity contribution is -0.914. The lowest BCUT2D eigenvalue weighted by Gasteiger charge is -2.36. The van der Waals surface area contributed by atoms with Gasteiger partial charge in [0, 0.05) is 6.07 Å². The fourth-order valence-corrected chi connectivity index (χ4v) is 3.31. The minimum atomic E-state index is -0.142. The van der Waals surface area contributed by atoms with Crippen molar-refractivity contribution in [3.8, 4) is 5.75 Å². The lowest BCUT2D eigenvalue weighted by atomic mass is 10.2. The van der Waals surface area contributed by atoms with Crippen molar-refractivity contribution in [1.82, 2.24) is 5.16 Å². The van der Waals surface area contributed by atoms with Gasteiger partial charge in [-0.05, 0) is 32.9 Å². The van der Waals surface area contributed by atoms with E-state index >= 15 is 0 Å². The van der Waals surface area contributed by atoms with Crippen LogP contribution in [0, 0.1) is 6.92 Å². The summed E-state index contributed by atoms with van der Waals surface area (Å²) in [7, 11) is 0. The Kier molecular flexibility index (Phi) is 5.78. The Morgan fingerprint density at radius 2 is 2.12 bits per heavy atom. The molecule has 0 unspecified atom stereocenters. The first-order chi connectivity index (χ1) is 12.6. The van der Waals surface area contributed by atoms with Crippen LogP contribution in [0.5, 0.6) is 5.75 Å². The molecule has 1 atom stereocenters. The van der Waals surface area contributed by atoms with Gasteiger partial charge in [0.1, 0.15) is 11.5 Å². The molecule has 1 amide bonds. The second-order valence-electron chi connectivity index (χ2n) is 6.58. The summed E-state index contributed by atoms with van der Waals surface area (Å²) in [4.78, 5) is 16.1.